The van der Waals surface area contributed by atoms with Gasteiger partial charge in [0.15, 0.2) is 0 Å². The lowest BCUT2D eigenvalue weighted by atomic mass is 9.80. The Labute approximate surface area is 133 Å². The lowest BCUT2D eigenvalue weighted by molar-refractivity contribution is -0.134. The Morgan fingerprint density at radius 3 is 2.70 bits per heavy atom. The Morgan fingerprint density at radius 2 is 2.09 bits per heavy atom. The summed E-state index contributed by atoms with van der Waals surface area (Å²) in [6, 6.07) is 0. The normalized spacial score (nSPS) is 17.0. The number of nitrogens with zero attached hydrogens (tertiary/aromatic N) is 2. The van der Waals surface area contributed by atoms with Gasteiger partial charge >= 0.3 is 5.69 Å². The van der Waals surface area contributed by atoms with Crippen LogP contribution in [0, 0.1) is 12.3 Å². The van der Waals surface area contributed by atoms with Crippen LogP contribution >= 0.6 is 0 Å². The van der Waals surface area contributed by atoms with Gasteiger partial charge in [-0.05, 0) is 19.8 Å². The molecular weight excluding hydrogens is 302 g/mol. The topological polar surface area (TPSA) is 105 Å². The molecule has 0 atom stereocenters. The van der Waals surface area contributed by atoms with Crippen LogP contribution in [0.15, 0.2) is 15.8 Å². The summed E-state index contributed by atoms with van der Waals surface area (Å²) in [5.41, 5.74) is -1.04. The van der Waals surface area contributed by atoms with E-state index in [1.54, 1.807) is 14.0 Å². The highest BCUT2D eigenvalue weighted by atomic mass is 16.5. The van der Waals surface area contributed by atoms with Crippen LogP contribution in [0.2, 0.25) is 0 Å². The molecule has 2 heterocycles. The van der Waals surface area contributed by atoms with E-state index in [-0.39, 0.29) is 24.5 Å². The summed E-state index contributed by atoms with van der Waals surface area (Å²) in [7, 11) is 1.65. The van der Waals surface area contributed by atoms with Gasteiger partial charge in [-0.2, -0.15) is 0 Å². The maximum Gasteiger partial charge on any atom is 0.328 e. The highest BCUT2D eigenvalue weighted by Crippen LogP contribution is 2.30. The van der Waals surface area contributed by atoms with E-state index >= 15 is 0 Å². The summed E-state index contributed by atoms with van der Waals surface area (Å²) in [6.45, 7) is 2.97. The number of aromatic amines is 1. The number of aromatic nitrogens is 2. The van der Waals surface area contributed by atoms with Gasteiger partial charge in [-0.1, -0.05) is 0 Å². The van der Waals surface area contributed by atoms with Crippen molar-refractivity contribution in [3.8, 4) is 0 Å². The fourth-order valence-electron chi connectivity index (χ4n) is 2.76. The predicted octanol–water partition coefficient (Wildman–Crippen LogP) is -0.907. The zero-order valence-corrected chi connectivity index (χ0v) is 13.5. The number of ether oxygens (including phenoxy) is 1. The first-order chi connectivity index (χ1) is 10.9. The van der Waals surface area contributed by atoms with Gasteiger partial charge in [0.25, 0.3) is 5.56 Å². The molecule has 1 amide bonds. The smallest absolute Gasteiger partial charge is 0.328 e. The van der Waals surface area contributed by atoms with Gasteiger partial charge in [0.2, 0.25) is 5.91 Å². The van der Waals surface area contributed by atoms with Crippen LogP contribution in [0.25, 0.3) is 0 Å². The first-order valence-electron chi connectivity index (χ1n) is 7.60. The number of likely N-dealkylation sites (N-methyl/N-ethyl adjacent to an activating group) is 1. The molecule has 1 fully saturated rings. The fourth-order valence-corrected chi connectivity index (χ4v) is 2.76. The van der Waals surface area contributed by atoms with Crippen LogP contribution in [0.4, 0.5) is 0 Å². The largest absolute Gasteiger partial charge is 0.396 e. The summed E-state index contributed by atoms with van der Waals surface area (Å²) in [5.74, 6) is -0.252. The molecule has 1 aromatic heterocycles. The Kier molecular flexibility index (Phi) is 5.38. The van der Waals surface area contributed by atoms with Crippen LogP contribution in [0.1, 0.15) is 18.4 Å². The molecule has 8 heteroatoms. The van der Waals surface area contributed by atoms with Gasteiger partial charge in [0.05, 0.1) is 6.61 Å². The number of H-pyrrole nitrogens is 1. The maximum absolute atomic E-state index is 12.4. The van der Waals surface area contributed by atoms with Crippen LogP contribution in [-0.2, 0) is 16.1 Å². The number of aryl methyl sites for hydroxylation is 1. The minimum absolute atomic E-state index is 0.00824. The van der Waals surface area contributed by atoms with Crippen LogP contribution in [0.3, 0.4) is 0 Å². The van der Waals surface area contributed by atoms with Gasteiger partial charge in [0, 0.05) is 44.0 Å². The standard InChI is InChI=1S/C15H23N3O5/c1-11-7-18(14(22)16-13(11)21)8-12(20)17(2)9-15(10-19)3-5-23-6-4-15/h7,19H,3-6,8-10H2,1-2H3,(H,16,21,22). The number of nitrogens with one attached hydrogen (secondary N) is 1. The van der Waals surface area contributed by atoms with Gasteiger partial charge in [-0.3, -0.25) is 19.1 Å². The van der Waals surface area contributed by atoms with Crippen LogP contribution in [-0.4, -0.2) is 58.9 Å². The number of aliphatic hydroxyl groups is 1. The van der Waals surface area contributed by atoms with Crippen LogP contribution < -0.4 is 11.2 Å². The first kappa shape index (κ1) is 17.4. The van der Waals surface area contributed by atoms with Gasteiger partial charge in [-0.25, -0.2) is 4.79 Å². The minimum Gasteiger partial charge on any atom is -0.396 e. The summed E-state index contributed by atoms with van der Waals surface area (Å²) in [4.78, 5) is 39.1. The third-order valence-corrected chi connectivity index (χ3v) is 4.38. The number of amides is 1. The zero-order chi connectivity index (χ0) is 17.0. The maximum atomic E-state index is 12.4. The molecule has 2 N–H and O–H groups in total. The molecule has 2 rings (SSSR count). The second-order valence-corrected chi connectivity index (χ2v) is 6.22. The van der Waals surface area contributed by atoms with E-state index in [0.29, 0.717) is 38.2 Å². The van der Waals surface area contributed by atoms with Gasteiger partial charge in [0.1, 0.15) is 6.54 Å². The molecule has 0 aromatic carbocycles. The number of carbonyl (C=O) groups excluding carboxylic acids is 1. The number of rotatable bonds is 5. The van der Waals surface area contributed by atoms with E-state index in [0.717, 1.165) is 0 Å². The lowest BCUT2D eigenvalue weighted by Gasteiger charge is -2.38. The highest BCUT2D eigenvalue weighted by Gasteiger charge is 2.34. The predicted molar refractivity (Wildman–Crippen MR) is 83.3 cm³/mol. The molecule has 128 valence electrons. The molecule has 0 bridgehead atoms. The Balaban J connectivity index is 2.07. The molecule has 8 nitrogen and oxygen atoms in total. The van der Waals surface area contributed by atoms with Gasteiger partial charge in [-0.15, -0.1) is 0 Å². The molecule has 1 aliphatic rings. The van der Waals surface area contributed by atoms with Crippen molar-refractivity contribution in [1.29, 1.82) is 0 Å². The molecule has 1 aliphatic heterocycles. The Bertz CT molecular complexity index is 672. The molecule has 0 aliphatic carbocycles. The molecule has 0 saturated carbocycles. The molecular formula is C15H23N3O5. The summed E-state index contributed by atoms with van der Waals surface area (Å²) in [6.07, 6.45) is 2.76. The fraction of sp³-hybridized carbons (Fsp3) is 0.667. The quantitative estimate of drug-likeness (QED) is 0.729. The van der Waals surface area contributed by atoms with Crippen molar-refractivity contribution in [2.75, 3.05) is 33.4 Å². The third-order valence-electron chi connectivity index (χ3n) is 4.38. The Morgan fingerprint density at radius 1 is 1.43 bits per heavy atom. The van der Waals surface area contributed by atoms with Crippen molar-refractivity contribution in [2.45, 2.75) is 26.3 Å². The molecule has 0 spiro atoms. The van der Waals surface area contributed by atoms with Crippen molar-refractivity contribution in [3.63, 3.8) is 0 Å². The molecule has 0 radical (unpaired) electrons. The number of aliphatic hydroxyl groups excluding tert-OH is 1. The number of hydrogen-bond acceptors (Lipinski definition) is 5. The molecule has 0 unspecified atom stereocenters. The van der Waals surface area contributed by atoms with E-state index in [1.807, 2.05) is 0 Å². The summed E-state index contributed by atoms with van der Waals surface area (Å²) >= 11 is 0. The van der Waals surface area contributed by atoms with Crippen molar-refractivity contribution in [2.24, 2.45) is 5.41 Å². The molecule has 23 heavy (non-hydrogen) atoms. The average Bonchev–Trinajstić information content (AvgIpc) is 2.53. The zero-order valence-electron chi connectivity index (χ0n) is 13.5. The van der Waals surface area contributed by atoms with Gasteiger partial charge < -0.3 is 14.7 Å². The molecule has 1 saturated heterocycles. The minimum atomic E-state index is -0.606. The number of carbonyl (C=O) groups is 1. The van der Waals surface area contributed by atoms with E-state index in [2.05, 4.69) is 4.98 Å². The van der Waals surface area contributed by atoms with Crippen molar-refractivity contribution < 1.29 is 14.6 Å². The van der Waals surface area contributed by atoms with Crippen molar-refractivity contribution in [3.05, 3.63) is 32.6 Å². The number of hydrogen-bond donors (Lipinski definition) is 2. The van der Waals surface area contributed by atoms with Crippen molar-refractivity contribution in [1.82, 2.24) is 14.5 Å². The lowest BCUT2D eigenvalue weighted by Crippen LogP contribution is -2.46. The van der Waals surface area contributed by atoms with E-state index < -0.39 is 11.2 Å². The SMILES string of the molecule is Cc1cn(CC(=O)N(C)CC2(CO)CCOCC2)c(=O)[nH]c1=O. The van der Waals surface area contributed by atoms with E-state index in [1.165, 1.54) is 15.7 Å². The van der Waals surface area contributed by atoms with E-state index in [4.69, 9.17) is 4.74 Å². The highest BCUT2D eigenvalue weighted by molar-refractivity contribution is 5.75. The summed E-state index contributed by atoms with van der Waals surface area (Å²) < 4.78 is 6.50. The van der Waals surface area contributed by atoms with Crippen molar-refractivity contribution >= 4 is 5.91 Å². The molecule has 1 aromatic rings. The van der Waals surface area contributed by atoms with Crippen LogP contribution in [0.5, 0.6) is 0 Å². The third kappa shape index (κ3) is 4.08. The summed E-state index contributed by atoms with van der Waals surface area (Å²) in [5, 5.41) is 9.68. The Hall–Kier alpha value is -1.93. The second-order valence-electron chi connectivity index (χ2n) is 6.22. The first-order valence-corrected chi connectivity index (χ1v) is 7.60. The van der Waals surface area contributed by atoms with E-state index in [9.17, 15) is 19.5 Å². The average molecular weight is 325 g/mol. The monoisotopic (exact) mass is 325 g/mol. The second kappa shape index (κ2) is 7.10.